The summed E-state index contributed by atoms with van der Waals surface area (Å²) in [7, 11) is 0. The molecule has 3 N–H and O–H groups in total. The molecule has 94 valence electrons. The third kappa shape index (κ3) is 2.87. The number of nitrogen functional groups attached to an aromatic ring is 1. The van der Waals surface area contributed by atoms with Crippen LogP contribution in [0.4, 0.5) is 10.8 Å². The quantitative estimate of drug-likeness (QED) is 0.834. The SMILES string of the molecule is CC(C)c1csc(NC(=O)c2ccc(N)cc2)n1. The molecule has 4 nitrogen and oxygen atoms in total. The Labute approximate surface area is 110 Å². The van der Waals surface area contributed by atoms with Gasteiger partial charge in [0.15, 0.2) is 5.13 Å². The Morgan fingerprint density at radius 2 is 2.00 bits per heavy atom. The molecule has 1 aromatic carbocycles. The number of benzene rings is 1. The second kappa shape index (κ2) is 5.18. The monoisotopic (exact) mass is 261 g/mol. The molecule has 0 fully saturated rings. The Bertz CT molecular complexity index is 546. The lowest BCUT2D eigenvalue weighted by Gasteiger charge is -2.02. The number of nitrogens with two attached hydrogens (primary N) is 1. The first-order valence-electron chi connectivity index (χ1n) is 5.68. The van der Waals surface area contributed by atoms with Gasteiger partial charge < -0.3 is 5.73 Å². The number of aromatic nitrogens is 1. The molecule has 0 aliphatic carbocycles. The number of nitrogens with one attached hydrogen (secondary N) is 1. The standard InChI is InChI=1S/C13H15N3OS/c1-8(2)11-7-18-13(15-11)16-12(17)9-3-5-10(14)6-4-9/h3-8H,14H2,1-2H3,(H,15,16,17). The van der Waals surface area contributed by atoms with Gasteiger partial charge in [0.05, 0.1) is 5.69 Å². The zero-order valence-electron chi connectivity index (χ0n) is 10.3. The molecule has 0 saturated carbocycles. The van der Waals surface area contributed by atoms with E-state index in [0.717, 1.165) is 5.69 Å². The van der Waals surface area contributed by atoms with Crippen LogP contribution in [0.15, 0.2) is 29.6 Å². The summed E-state index contributed by atoms with van der Waals surface area (Å²) in [6, 6.07) is 6.80. The van der Waals surface area contributed by atoms with E-state index in [1.54, 1.807) is 24.3 Å². The van der Waals surface area contributed by atoms with Crippen LogP contribution >= 0.6 is 11.3 Å². The number of nitrogens with zero attached hydrogens (tertiary/aromatic N) is 1. The molecule has 0 atom stereocenters. The summed E-state index contributed by atoms with van der Waals surface area (Å²) in [6.45, 7) is 4.14. The predicted molar refractivity (Wildman–Crippen MR) is 75.0 cm³/mol. The zero-order chi connectivity index (χ0) is 13.1. The number of amides is 1. The second-order valence-electron chi connectivity index (χ2n) is 4.31. The van der Waals surface area contributed by atoms with E-state index in [0.29, 0.717) is 22.3 Å². The van der Waals surface area contributed by atoms with Crippen molar-refractivity contribution in [3.05, 3.63) is 40.9 Å². The van der Waals surface area contributed by atoms with Gasteiger partial charge in [-0.05, 0) is 30.2 Å². The molecular formula is C13H15N3OS. The molecule has 1 heterocycles. The molecule has 1 amide bonds. The topological polar surface area (TPSA) is 68.0 Å². The van der Waals surface area contributed by atoms with Gasteiger partial charge in [0.25, 0.3) is 5.91 Å². The fourth-order valence-electron chi connectivity index (χ4n) is 1.41. The summed E-state index contributed by atoms with van der Waals surface area (Å²) in [5.74, 6) is 0.197. The Hall–Kier alpha value is -1.88. The number of carbonyl (C=O) groups excluding carboxylic acids is 1. The number of carbonyl (C=O) groups is 1. The maximum atomic E-state index is 11.9. The van der Waals surface area contributed by atoms with E-state index in [4.69, 9.17) is 5.73 Å². The summed E-state index contributed by atoms with van der Waals surface area (Å²) in [5, 5.41) is 5.37. The largest absolute Gasteiger partial charge is 0.399 e. The van der Waals surface area contributed by atoms with Crippen molar-refractivity contribution in [1.29, 1.82) is 0 Å². The molecule has 0 radical (unpaired) electrons. The molecule has 0 unspecified atom stereocenters. The first kappa shape index (κ1) is 12.6. The van der Waals surface area contributed by atoms with Gasteiger partial charge in [-0.2, -0.15) is 0 Å². The Balaban J connectivity index is 2.08. The predicted octanol–water partition coefficient (Wildman–Crippen LogP) is 3.10. The molecular weight excluding hydrogens is 246 g/mol. The molecule has 0 spiro atoms. The summed E-state index contributed by atoms with van der Waals surface area (Å²) in [6.07, 6.45) is 0. The summed E-state index contributed by atoms with van der Waals surface area (Å²) >= 11 is 1.44. The zero-order valence-corrected chi connectivity index (χ0v) is 11.1. The van der Waals surface area contributed by atoms with Crippen molar-refractivity contribution >= 4 is 28.1 Å². The van der Waals surface area contributed by atoms with E-state index in [2.05, 4.69) is 24.1 Å². The fraction of sp³-hybridized carbons (Fsp3) is 0.231. The van der Waals surface area contributed by atoms with Crippen LogP contribution in [0, 0.1) is 0 Å². The van der Waals surface area contributed by atoms with Crippen molar-refractivity contribution in [3.63, 3.8) is 0 Å². The van der Waals surface area contributed by atoms with E-state index in [1.807, 2.05) is 5.38 Å². The molecule has 0 aliphatic rings. The Morgan fingerprint density at radius 1 is 1.33 bits per heavy atom. The average Bonchev–Trinajstić information content (AvgIpc) is 2.78. The molecule has 0 saturated heterocycles. The third-order valence-corrected chi connectivity index (χ3v) is 3.28. The minimum absolute atomic E-state index is 0.167. The van der Waals surface area contributed by atoms with Crippen molar-refractivity contribution in [2.75, 3.05) is 11.1 Å². The number of thiazole rings is 1. The van der Waals surface area contributed by atoms with Crippen molar-refractivity contribution in [2.45, 2.75) is 19.8 Å². The first-order valence-corrected chi connectivity index (χ1v) is 6.56. The van der Waals surface area contributed by atoms with E-state index in [1.165, 1.54) is 11.3 Å². The van der Waals surface area contributed by atoms with E-state index >= 15 is 0 Å². The van der Waals surface area contributed by atoms with Crippen LogP contribution in [-0.4, -0.2) is 10.9 Å². The Kier molecular flexibility index (Phi) is 3.62. The molecule has 2 rings (SSSR count). The van der Waals surface area contributed by atoms with Gasteiger partial charge in [0.1, 0.15) is 0 Å². The highest BCUT2D eigenvalue weighted by Crippen LogP contribution is 2.22. The highest BCUT2D eigenvalue weighted by atomic mass is 32.1. The minimum Gasteiger partial charge on any atom is -0.399 e. The smallest absolute Gasteiger partial charge is 0.257 e. The van der Waals surface area contributed by atoms with Gasteiger partial charge in [-0.1, -0.05) is 13.8 Å². The van der Waals surface area contributed by atoms with Crippen LogP contribution in [0.2, 0.25) is 0 Å². The van der Waals surface area contributed by atoms with Crippen molar-refractivity contribution in [2.24, 2.45) is 0 Å². The van der Waals surface area contributed by atoms with E-state index in [-0.39, 0.29) is 5.91 Å². The lowest BCUT2D eigenvalue weighted by Crippen LogP contribution is -2.11. The molecule has 0 bridgehead atoms. The van der Waals surface area contributed by atoms with Crippen LogP contribution in [0.1, 0.15) is 35.8 Å². The minimum atomic E-state index is -0.167. The van der Waals surface area contributed by atoms with Crippen LogP contribution in [0.25, 0.3) is 0 Å². The molecule has 18 heavy (non-hydrogen) atoms. The van der Waals surface area contributed by atoms with Gasteiger partial charge in [-0.3, -0.25) is 10.1 Å². The number of anilines is 2. The maximum absolute atomic E-state index is 11.9. The highest BCUT2D eigenvalue weighted by molar-refractivity contribution is 7.14. The van der Waals surface area contributed by atoms with Gasteiger partial charge in [0.2, 0.25) is 0 Å². The van der Waals surface area contributed by atoms with Crippen LogP contribution in [0.5, 0.6) is 0 Å². The van der Waals surface area contributed by atoms with Gasteiger partial charge >= 0.3 is 0 Å². The molecule has 1 aromatic heterocycles. The molecule has 5 heteroatoms. The normalized spacial score (nSPS) is 10.6. The first-order chi connectivity index (χ1) is 8.56. The highest BCUT2D eigenvalue weighted by Gasteiger charge is 2.10. The van der Waals surface area contributed by atoms with E-state index in [9.17, 15) is 4.79 Å². The van der Waals surface area contributed by atoms with Gasteiger partial charge in [-0.25, -0.2) is 4.98 Å². The van der Waals surface area contributed by atoms with Crippen LogP contribution < -0.4 is 11.1 Å². The van der Waals surface area contributed by atoms with Crippen molar-refractivity contribution < 1.29 is 4.79 Å². The third-order valence-electron chi connectivity index (χ3n) is 2.51. The molecule has 0 aliphatic heterocycles. The van der Waals surface area contributed by atoms with Gasteiger partial charge in [-0.15, -0.1) is 11.3 Å². The van der Waals surface area contributed by atoms with Crippen LogP contribution in [-0.2, 0) is 0 Å². The average molecular weight is 261 g/mol. The summed E-state index contributed by atoms with van der Waals surface area (Å²) in [5.41, 5.74) is 7.78. The number of rotatable bonds is 3. The lowest BCUT2D eigenvalue weighted by molar-refractivity contribution is 0.102. The van der Waals surface area contributed by atoms with E-state index < -0.39 is 0 Å². The van der Waals surface area contributed by atoms with Crippen molar-refractivity contribution in [1.82, 2.24) is 4.98 Å². The lowest BCUT2D eigenvalue weighted by atomic mass is 10.2. The van der Waals surface area contributed by atoms with Crippen molar-refractivity contribution in [3.8, 4) is 0 Å². The number of hydrogen-bond acceptors (Lipinski definition) is 4. The van der Waals surface area contributed by atoms with Crippen LogP contribution in [0.3, 0.4) is 0 Å². The summed E-state index contributed by atoms with van der Waals surface area (Å²) in [4.78, 5) is 16.3. The Morgan fingerprint density at radius 3 is 2.56 bits per heavy atom. The maximum Gasteiger partial charge on any atom is 0.257 e. The second-order valence-corrected chi connectivity index (χ2v) is 5.17. The number of hydrogen-bond donors (Lipinski definition) is 2. The van der Waals surface area contributed by atoms with Gasteiger partial charge in [0, 0.05) is 16.6 Å². The summed E-state index contributed by atoms with van der Waals surface area (Å²) < 4.78 is 0. The molecule has 2 aromatic rings. The fourth-order valence-corrected chi connectivity index (χ4v) is 2.28.